The summed E-state index contributed by atoms with van der Waals surface area (Å²) in [5, 5.41) is 14.9. The fourth-order valence-corrected chi connectivity index (χ4v) is 2.63. The minimum atomic E-state index is -0.584. The molecule has 0 bridgehead atoms. The first kappa shape index (κ1) is 18.3. The third kappa shape index (κ3) is 5.84. The van der Waals surface area contributed by atoms with E-state index < -0.39 is 12.0 Å². The van der Waals surface area contributed by atoms with Crippen molar-refractivity contribution in [3.8, 4) is 11.5 Å². The van der Waals surface area contributed by atoms with Gasteiger partial charge in [-0.25, -0.2) is 0 Å². The van der Waals surface area contributed by atoms with Crippen LogP contribution in [0.15, 0.2) is 35.7 Å². The Morgan fingerprint density at radius 3 is 2.67 bits per heavy atom. The van der Waals surface area contributed by atoms with Crippen LogP contribution in [0.3, 0.4) is 0 Å². The average Bonchev–Trinajstić information content (AvgIpc) is 2.98. The normalized spacial score (nSPS) is 11.9. The van der Waals surface area contributed by atoms with Crippen LogP contribution in [0.2, 0.25) is 0 Å². The van der Waals surface area contributed by atoms with Gasteiger partial charge in [-0.1, -0.05) is 0 Å². The molecule has 0 saturated heterocycles. The highest BCUT2D eigenvalue weighted by Gasteiger charge is 2.07. The summed E-state index contributed by atoms with van der Waals surface area (Å²) in [6, 6.07) is 8.55. The number of rotatable bonds is 10. The lowest BCUT2D eigenvalue weighted by Gasteiger charge is -2.13. The minimum Gasteiger partial charge on any atom is -0.492 e. The number of benzene rings is 1. The Kier molecular flexibility index (Phi) is 7.05. The molecule has 130 valence electrons. The van der Waals surface area contributed by atoms with E-state index in [4.69, 9.17) is 15.2 Å². The fourth-order valence-electron chi connectivity index (χ4n) is 1.99. The first-order chi connectivity index (χ1) is 11.6. The number of nitrogens with one attached hydrogen (secondary N) is 1. The largest absolute Gasteiger partial charge is 0.492 e. The van der Waals surface area contributed by atoms with Crippen molar-refractivity contribution in [1.29, 1.82) is 0 Å². The van der Waals surface area contributed by atoms with Gasteiger partial charge in [0.15, 0.2) is 0 Å². The Balaban J connectivity index is 1.57. The second-order valence-corrected chi connectivity index (χ2v) is 6.37. The molecule has 24 heavy (non-hydrogen) atoms. The van der Waals surface area contributed by atoms with Gasteiger partial charge in [0.25, 0.3) is 0 Å². The van der Waals surface area contributed by atoms with E-state index >= 15 is 0 Å². The average molecular weight is 350 g/mol. The molecule has 1 aromatic carbocycles. The van der Waals surface area contributed by atoms with Gasteiger partial charge in [0.1, 0.15) is 30.8 Å². The highest BCUT2D eigenvalue weighted by molar-refractivity contribution is 7.10. The van der Waals surface area contributed by atoms with Gasteiger partial charge in [-0.3, -0.25) is 4.79 Å². The second-order valence-electron chi connectivity index (χ2n) is 5.25. The molecule has 0 saturated carbocycles. The minimum absolute atomic E-state index is 0.250. The number of hydrogen-bond donors (Lipinski definition) is 3. The number of thiophene rings is 1. The summed E-state index contributed by atoms with van der Waals surface area (Å²) in [6.45, 7) is 3.70. The van der Waals surface area contributed by atoms with Crippen LogP contribution in [0.5, 0.6) is 11.5 Å². The number of amides is 1. The maximum Gasteiger partial charge on any atom is 0.248 e. The second kappa shape index (κ2) is 9.27. The van der Waals surface area contributed by atoms with E-state index in [9.17, 15) is 9.90 Å². The van der Waals surface area contributed by atoms with Crippen molar-refractivity contribution in [2.75, 3.05) is 26.3 Å². The standard InChI is InChI=1S/C17H22N2O4S/c1-12-16(6-9-24-12)23-11-14(20)10-19-7-8-22-15-4-2-13(3-5-15)17(18)21/h2-6,9,14,19-20H,7-8,10-11H2,1H3,(H2,18,21). The van der Waals surface area contributed by atoms with Crippen LogP contribution in [-0.2, 0) is 0 Å². The summed E-state index contributed by atoms with van der Waals surface area (Å²) in [6.07, 6.45) is -0.584. The number of aliphatic hydroxyl groups is 1. The molecule has 1 atom stereocenters. The molecule has 0 aliphatic heterocycles. The summed E-state index contributed by atoms with van der Waals surface area (Å²) in [5.74, 6) is 1.03. The number of aryl methyl sites for hydroxylation is 1. The van der Waals surface area contributed by atoms with Gasteiger partial charge in [-0.2, -0.15) is 0 Å². The molecule has 7 heteroatoms. The number of nitrogens with two attached hydrogens (primary N) is 1. The molecule has 2 aromatic rings. The fraction of sp³-hybridized carbons (Fsp3) is 0.353. The zero-order valence-corrected chi connectivity index (χ0v) is 14.3. The van der Waals surface area contributed by atoms with E-state index in [1.165, 1.54) is 0 Å². The van der Waals surface area contributed by atoms with Crippen molar-refractivity contribution in [2.24, 2.45) is 5.73 Å². The van der Waals surface area contributed by atoms with Crippen LogP contribution < -0.4 is 20.5 Å². The van der Waals surface area contributed by atoms with Crippen LogP contribution in [0.25, 0.3) is 0 Å². The first-order valence-corrected chi connectivity index (χ1v) is 8.52. The van der Waals surface area contributed by atoms with Crippen molar-refractivity contribution >= 4 is 17.2 Å². The molecule has 1 heterocycles. The van der Waals surface area contributed by atoms with E-state index in [-0.39, 0.29) is 6.61 Å². The molecule has 0 aliphatic carbocycles. The van der Waals surface area contributed by atoms with Crippen LogP contribution in [0.1, 0.15) is 15.2 Å². The molecule has 6 nitrogen and oxygen atoms in total. The zero-order valence-electron chi connectivity index (χ0n) is 13.5. The van der Waals surface area contributed by atoms with Crippen LogP contribution in [0.4, 0.5) is 0 Å². The summed E-state index contributed by atoms with van der Waals surface area (Å²) >= 11 is 1.62. The van der Waals surface area contributed by atoms with E-state index in [1.54, 1.807) is 35.6 Å². The monoisotopic (exact) mass is 350 g/mol. The maximum atomic E-state index is 11.0. The van der Waals surface area contributed by atoms with E-state index in [0.717, 1.165) is 10.6 Å². The van der Waals surface area contributed by atoms with Gasteiger partial charge in [0, 0.05) is 23.5 Å². The van der Waals surface area contributed by atoms with E-state index in [1.807, 2.05) is 18.4 Å². The number of hydrogen-bond acceptors (Lipinski definition) is 6. The molecule has 1 amide bonds. The van der Waals surface area contributed by atoms with Gasteiger partial charge in [-0.15, -0.1) is 11.3 Å². The molecular formula is C17H22N2O4S. The highest BCUT2D eigenvalue weighted by atomic mass is 32.1. The van der Waals surface area contributed by atoms with Gasteiger partial charge in [0.05, 0.1) is 0 Å². The quantitative estimate of drug-likeness (QED) is 0.566. The van der Waals surface area contributed by atoms with Crippen molar-refractivity contribution in [2.45, 2.75) is 13.0 Å². The Labute approximate surface area is 145 Å². The van der Waals surface area contributed by atoms with Crippen molar-refractivity contribution in [1.82, 2.24) is 5.32 Å². The summed E-state index contributed by atoms with van der Waals surface area (Å²) in [5.41, 5.74) is 5.62. The SMILES string of the molecule is Cc1sccc1OCC(O)CNCCOc1ccc(C(N)=O)cc1. The van der Waals surface area contributed by atoms with Gasteiger partial charge in [0.2, 0.25) is 5.91 Å². The Morgan fingerprint density at radius 1 is 1.29 bits per heavy atom. The molecule has 2 rings (SSSR count). The number of carbonyl (C=O) groups excluding carboxylic acids is 1. The van der Waals surface area contributed by atoms with Crippen molar-refractivity contribution in [3.63, 3.8) is 0 Å². The molecule has 0 spiro atoms. The molecule has 0 fully saturated rings. The molecular weight excluding hydrogens is 328 g/mol. The third-order valence-corrected chi connectivity index (χ3v) is 4.14. The lowest BCUT2D eigenvalue weighted by molar-refractivity contribution is 0.1000. The summed E-state index contributed by atoms with van der Waals surface area (Å²) in [4.78, 5) is 12.1. The van der Waals surface area contributed by atoms with E-state index in [2.05, 4.69) is 5.32 Å². The van der Waals surface area contributed by atoms with Crippen molar-refractivity contribution < 1.29 is 19.4 Å². The first-order valence-electron chi connectivity index (χ1n) is 7.64. The third-order valence-electron chi connectivity index (χ3n) is 3.31. The number of carbonyl (C=O) groups is 1. The predicted molar refractivity (Wildman–Crippen MR) is 93.9 cm³/mol. The number of primary amides is 1. The molecule has 4 N–H and O–H groups in total. The van der Waals surface area contributed by atoms with Gasteiger partial charge >= 0.3 is 0 Å². The van der Waals surface area contributed by atoms with Gasteiger partial charge < -0.3 is 25.6 Å². The van der Waals surface area contributed by atoms with Crippen LogP contribution in [-0.4, -0.2) is 43.4 Å². The van der Waals surface area contributed by atoms with Crippen LogP contribution in [0, 0.1) is 6.92 Å². The predicted octanol–water partition coefficient (Wildman–Crippen LogP) is 1.56. The maximum absolute atomic E-state index is 11.0. The smallest absolute Gasteiger partial charge is 0.248 e. The Bertz CT molecular complexity index is 642. The Morgan fingerprint density at radius 2 is 2.04 bits per heavy atom. The lowest BCUT2D eigenvalue weighted by Crippen LogP contribution is -2.33. The van der Waals surface area contributed by atoms with Crippen LogP contribution >= 0.6 is 11.3 Å². The van der Waals surface area contributed by atoms with E-state index in [0.29, 0.717) is 31.0 Å². The molecule has 0 aliphatic rings. The summed E-state index contributed by atoms with van der Waals surface area (Å²) in [7, 11) is 0. The molecule has 1 unspecified atom stereocenters. The highest BCUT2D eigenvalue weighted by Crippen LogP contribution is 2.23. The molecule has 1 aromatic heterocycles. The molecule has 0 radical (unpaired) electrons. The van der Waals surface area contributed by atoms with Gasteiger partial charge in [-0.05, 0) is 42.6 Å². The summed E-state index contributed by atoms with van der Waals surface area (Å²) < 4.78 is 11.1. The lowest BCUT2D eigenvalue weighted by atomic mass is 10.2. The number of aliphatic hydroxyl groups excluding tert-OH is 1. The zero-order chi connectivity index (χ0) is 17.4. The topological polar surface area (TPSA) is 93.8 Å². The van der Waals surface area contributed by atoms with Crippen molar-refractivity contribution in [3.05, 3.63) is 46.2 Å². The Hall–Kier alpha value is -2.09. The number of ether oxygens (including phenoxy) is 2.